The van der Waals surface area contributed by atoms with Crippen LogP contribution < -0.4 is 5.73 Å². The number of hydrogen-bond donors (Lipinski definition) is 2. The Balaban J connectivity index is 2.06. The maximum atomic E-state index is 9.16. The van der Waals surface area contributed by atoms with Crippen LogP contribution in [0.15, 0.2) is 24.4 Å². The van der Waals surface area contributed by atoms with Crippen molar-refractivity contribution in [1.82, 2.24) is 14.5 Å². The second-order valence-corrected chi connectivity index (χ2v) is 4.82. The largest absolute Gasteiger partial charge is 0.396 e. The molecule has 0 amide bonds. The predicted octanol–water partition coefficient (Wildman–Crippen LogP) is 1.78. The molecule has 0 saturated carbocycles. The van der Waals surface area contributed by atoms with Crippen molar-refractivity contribution in [2.75, 3.05) is 12.3 Å². The molecule has 0 fully saturated rings. The molecule has 3 rings (SSSR count). The molecule has 6 heteroatoms. The van der Waals surface area contributed by atoms with Gasteiger partial charge in [-0.3, -0.25) is 0 Å². The van der Waals surface area contributed by atoms with Gasteiger partial charge in [0.25, 0.3) is 0 Å². The van der Waals surface area contributed by atoms with E-state index in [-0.39, 0.29) is 24.5 Å². The summed E-state index contributed by atoms with van der Waals surface area (Å²) in [7, 11) is 0. The number of hydrogen-bond acceptors (Lipinski definition) is 4. The second-order valence-electron chi connectivity index (χ2n) is 4.46. The van der Waals surface area contributed by atoms with Gasteiger partial charge in [-0.2, -0.15) is 4.98 Å². The van der Waals surface area contributed by atoms with Gasteiger partial charge in [-0.25, -0.2) is 4.98 Å². The van der Waals surface area contributed by atoms with E-state index in [0.717, 1.165) is 17.5 Å². The van der Waals surface area contributed by atoms with Crippen LogP contribution in [0.1, 0.15) is 12.5 Å². The lowest BCUT2D eigenvalue weighted by Gasteiger charge is -2.13. The van der Waals surface area contributed by atoms with Crippen molar-refractivity contribution in [3.05, 3.63) is 29.6 Å². The number of anilines is 1. The van der Waals surface area contributed by atoms with Crippen LogP contribution in [-0.4, -0.2) is 26.2 Å². The summed E-state index contributed by atoms with van der Waals surface area (Å²) in [6.07, 6.45) is 6.90. The third-order valence-electron chi connectivity index (χ3n) is 3.28. The van der Waals surface area contributed by atoms with E-state index in [1.54, 1.807) is 0 Å². The first-order chi connectivity index (χ1) is 8.69. The SMILES string of the molecule is Nc1nc(Cl)c2ccn([C@H]3C=C[C@@H](CO)C3)c2n1. The van der Waals surface area contributed by atoms with Crippen molar-refractivity contribution in [3.63, 3.8) is 0 Å². The topological polar surface area (TPSA) is 77.0 Å². The number of aliphatic hydroxyl groups is 1. The predicted molar refractivity (Wildman–Crippen MR) is 70.3 cm³/mol. The molecular formula is C12H13ClN4O. The molecule has 0 radical (unpaired) electrons. The molecule has 0 bridgehead atoms. The lowest BCUT2D eigenvalue weighted by molar-refractivity contribution is 0.244. The maximum Gasteiger partial charge on any atom is 0.223 e. The molecule has 3 N–H and O–H groups in total. The molecule has 0 aromatic carbocycles. The van der Waals surface area contributed by atoms with E-state index >= 15 is 0 Å². The van der Waals surface area contributed by atoms with Crippen molar-refractivity contribution in [3.8, 4) is 0 Å². The molecule has 5 nitrogen and oxygen atoms in total. The number of allylic oxidation sites excluding steroid dienone is 1. The quantitative estimate of drug-likeness (QED) is 0.640. The highest BCUT2D eigenvalue weighted by atomic mass is 35.5. The van der Waals surface area contributed by atoms with E-state index in [0.29, 0.717) is 5.15 Å². The van der Waals surface area contributed by atoms with Gasteiger partial charge in [-0.05, 0) is 12.5 Å². The van der Waals surface area contributed by atoms with Gasteiger partial charge in [0, 0.05) is 18.7 Å². The standard InChI is InChI=1S/C12H13ClN4O/c13-10-9-3-4-17(11(9)16-12(14)15-10)8-2-1-7(5-8)6-18/h1-4,7-8,18H,5-6H2,(H2,14,15,16)/t7-,8+/m1/s1. The third-order valence-corrected chi connectivity index (χ3v) is 3.57. The number of aromatic nitrogens is 3. The number of halogens is 1. The summed E-state index contributed by atoms with van der Waals surface area (Å²) < 4.78 is 2.02. The van der Waals surface area contributed by atoms with Gasteiger partial charge in [0.15, 0.2) is 0 Å². The monoisotopic (exact) mass is 264 g/mol. The number of nitrogens with zero attached hydrogens (tertiary/aromatic N) is 3. The fourth-order valence-corrected chi connectivity index (χ4v) is 2.61. The molecule has 0 unspecified atom stereocenters. The first-order valence-electron chi connectivity index (χ1n) is 5.78. The number of fused-ring (bicyclic) bond motifs is 1. The molecule has 94 valence electrons. The Morgan fingerprint density at radius 1 is 1.44 bits per heavy atom. The number of nitrogen functional groups attached to an aromatic ring is 1. The molecule has 0 saturated heterocycles. The lowest BCUT2D eigenvalue weighted by Crippen LogP contribution is -2.08. The summed E-state index contributed by atoms with van der Waals surface area (Å²) >= 11 is 6.04. The number of nitrogens with two attached hydrogens (primary N) is 1. The Bertz CT molecular complexity index is 622. The molecular weight excluding hydrogens is 252 g/mol. The zero-order valence-corrected chi connectivity index (χ0v) is 10.4. The van der Waals surface area contributed by atoms with Crippen LogP contribution >= 0.6 is 11.6 Å². The van der Waals surface area contributed by atoms with Gasteiger partial charge in [0.05, 0.1) is 11.4 Å². The maximum absolute atomic E-state index is 9.16. The van der Waals surface area contributed by atoms with Gasteiger partial charge in [-0.1, -0.05) is 23.8 Å². The summed E-state index contributed by atoms with van der Waals surface area (Å²) in [5.41, 5.74) is 6.36. The fourth-order valence-electron chi connectivity index (χ4n) is 2.37. The van der Waals surface area contributed by atoms with E-state index in [2.05, 4.69) is 16.0 Å². The summed E-state index contributed by atoms with van der Waals surface area (Å²) in [6, 6.07) is 2.07. The zero-order chi connectivity index (χ0) is 12.7. The highest BCUT2D eigenvalue weighted by Crippen LogP contribution is 2.32. The molecule has 2 aromatic rings. The van der Waals surface area contributed by atoms with Crippen LogP contribution in [0, 0.1) is 5.92 Å². The highest BCUT2D eigenvalue weighted by molar-refractivity contribution is 6.34. The summed E-state index contributed by atoms with van der Waals surface area (Å²) in [5, 5.41) is 10.3. The summed E-state index contributed by atoms with van der Waals surface area (Å²) in [4.78, 5) is 8.17. The number of rotatable bonds is 2. The molecule has 1 aliphatic rings. The fraction of sp³-hybridized carbons (Fsp3) is 0.333. The Labute approximate surface area is 109 Å². The van der Waals surface area contributed by atoms with Crippen molar-refractivity contribution >= 4 is 28.6 Å². The third kappa shape index (κ3) is 1.76. The lowest BCUT2D eigenvalue weighted by atomic mass is 10.1. The highest BCUT2D eigenvalue weighted by Gasteiger charge is 2.21. The second kappa shape index (κ2) is 4.26. The van der Waals surface area contributed by atoms with Crippen molar-refractivity contribution in [1.29, 1.82) is 0 Å². The zero-order valence-electron chi connectivity index (χ0n) is 9.62. The number of aliphatic hydroxyl groups excluding tert-OH is 1. The molecule has 2 atom stereocenters. The summed E-state index contributed by atoms with van der Waals surface area (Å²) in [6.45, 7) is 0.171. The molecule has 0 aliphatic heterocycles. The Morgan fingerprint density at radius 2 is 2.28 bits per heavy atom. The Hall–Kier alpha value is -1.59. The Kier molecular flexibility index (Phi) is 2.72. The van der Waals surface area contributed by atoms with E-state index in [9.17, 15) is 0 Å². The van der Waals surface area contributed by atoms with Crippen LogP contribution in [0.3, 0.4) is 0 Å². The van der Waals surface area contributed by atoms with Crippen molar-refractivity contribution < 1.29 is 5.11 Å². The average molecular weight is 265 g/mol. The molecule has 1 aliphatic carbocycles. The minimum atomic E-state index is 0.171. The van der Waals surface area contributed by atoms with E-state index in [1.807, 2.05) is 22.9 Å². The smallest absolute Gasteiger partial charge is 0.223 e. The first-order valence-corrected chi connectivity index (χ1v) is 6.15. The van der Waals surface area contributed by atoms with E-state index in [4.69, 9.17) is 22.4 Å². The molecule has 2 heterocycles. The van der Waals surface area contributed by atoms with Gasteiger partial charge >= 0.3 is 0 Å². The van der Waals surface area contributed by atoms with Gasteiger partial charge < -0.3 is 15.4 Å². The minimum Gasteiger partial charge on any atom is -0.396 e. The normalized spacial score (nSPS) is 23.0. The molecule has 0 spiro atoms. The van der Waals surface area contributed by atoms with Crippen molar-refractivity contribution in [2.24, 2.45) is 5.92 Å². The van der Waals surface area contributed by atoms with Gasteiger partial charge in [0.2, 0.25) is 5.95 Å². The van der Waals surface area contributed by atoms with Crippen LogP contribution in [-0.2, 0) is 0 Å². The van der Waals surface area contributed by atoms with Crippen LogP contribution in [0.5, 0.6) is 0 Å². The van der Waals surface area contributed by atoms with E-state index in [1.165, 1.54) is 0 Å². The molecule has 2 aromatic heterocycles. The summed E-state index contributed by atoms with van der Waals surface area (Å²) in [5.74, 6) is 0.384. The molecule has 18 heavy (non-hydrogen) atoms. The van der Waals surface area contributed by atoms with Gasteiger partial charge in [0.1, 0.15) is 10.8 Å². The van der Waals surface area contributed by atoms with Crippen molar-refractivity contribution in [2.45, 2.75) is 12.5 Å². The van der Waals surface area contributed by atoms with Crippen LogP contribution in [0.2, 0.25) is 5.15 Å². The minimum absolute atomic E-state index is 0.171. The first kappa shape index (κ1) is 11.5. The van der Waals surface area contributed by atoms with Crippen LogP contribution in [0.4, 0.5) is 5.95 Å². The van der Waals surface area contributed by atoms with E-state index < -0.39 is 0 Å². The van der Waals surface area contributed by atoms with Crippen LogP contribution in [0.25, 0.3) is 11.0 Å². The Morgan fingerprint density at radius 3 is 3.00 bits per heavy atom. The van der Waals surface area contributed by atoms with Gasteiger partial charge in [-0.15, -0.1) is 0 Å². The average Bonchev–Trinajstić information content (AvgIpc) is 2.93.